The molecule has 156 valence electrons. The molecule has 4 atom stereocenters. The van der Waals surface area contributed by atoms with Crippen LogP contribution in [-0.4, -0.2) is 32.2 Å². The molecule has 0 radical (unpaired) electrons. The normalized spacial score (nSPS) is 26.0. The van der Waals surface area contributed by atoms with Gasteiger partial charge < -0.3 is 14.2 Å². The van der Waals surface area contributed by atoms with Gasteiger partial charge in [-0.15, -0.1) is 0 Å². The summed E-state index contributed by atoms with van der Waals surface area (Å²) in [6, 6.07) is 7.88. The number of methoxy groups -OCH3 is 2. The van der Waals surface area contributed by atoms with E-state index in [9.17, 15) is 4.79 Å². The third-order valence-corrected chi connectivity index (χ3v) is 5.67. The van der Waals surface area contributed by atoms with Gasteiger partial charge in [0.1, 0.15) is 11.5 Å². The Kier molecular flexibility index (Phi) is 8.71. The van der Waals surface area contributed by atoms with Crippen molar-refractivity contribution in [2.45, 2.75) is 65.8 Å². The molecule has 0 spiro atoms. The van der Waals surface area contributed by atoms with Gasteiger partial charge in [-0.3, -0.25) is 4.79 Å². The molecule has 0 aromatic heterocycles. The first-order valence-corrected chi connectivity index (χ1v) is 10.3. The zero-order valence-electron chi connectivity index (χ0n) is 18.2. The van der Waals surface area contributed by atoms with Crippen molar-refractivity contribution in [1.29, 1.82) is 0 Å². The van der Waals surface area contributed by atoms with Crippen molar-refractivity contribution in [3.05, 3.63) is 41.5 Å². The zero-order valence-corrected chi connectivity index (χ0v) is 18.2. The van der Waals surface area contributed by atoms with Crippen molar-refractivity contribution in [2.24, 2.45) is 17.8 Å². The number of ether oxygens (including phenoxy) is 3. The summed E-state index contributed by atoms with van der Waals surface area (Å²) in [5.41, 5.74) is 2.20. The van der Waals surface area contributed by atoms with Gasteiger partial charge in [0.25, 0.3) is 0 Å². The molecule has 1 fully saturated rings. The summed E-state index contributed by atoms with van der Waals surface area (Å²) in [5.74, 6) is 1.52. The minimum atomic E-state index is -0.239. The number of carbonyl (C=O) groups is 1. The van der Waals surface area contributed by atoms with E-state index in [1.165, 1.54) is 0 Å². The lowest BCUT2D eigenvalue weighted by Crippen LogP contribution is -2.49. The number of benzene rings is 1. The maximum absolute atomic E-state index is 12.9. The third kappa shape index (κ3) is 5.92. The molecule has 0 aliphatic heterocycles. The fourth-order valence-corrected chi connectivity index (χ4v) is 3.91. The molecule has 1 aliphatic rings. The monoisotopic (exact) mass is 388 g/mol. The average Bonchev–Trinajstić information content (AvgIpc) is 2.68. The molecule has 1 aliphatic carbocycles. The van der Waals surface area contributed by atoms with Crippen LogP contribution in [0.5, 0.6) is 5.75 Å². The van der Waals surface area contributed by atoms with Crippen molar-refractivity contribution < 1.29 is 19.0 Å². The second kappa shape index (κ2) is 10.8. The Bertz CT molecular complexity index is 647. The topological polar surface area (TPSA) is 44.8 Å². The zero-order chi connectivity index (χ0) is 20.7. The van der Waals surface area contributed by atoms with E-state index in [2.05, 4.69) is 26.8 Å². The molecule has 0 bridgehead atoms. The highest BCUT2D eigenvalue weighted by molar-refractivity contribution is 5.87. The Labute approximate surface area is 170 Å². The molecule has 0 unspecified atom stereocenters. The number of ketones is 1. The molecule has 28 heavy (non-hydrogen) atoms. The summed E-state index contributed by atoms with van der Waals surface area (Å²) in [7, 11) is 3.35. The second-order valence-electron chi connectivity index (χ2n) is 8.33. The van der Waals surface area contributed by atoms with Gasteiger partial charge >= 0.3 is 0 Å². The van der Waals surface area contributed by atoms with Gasteiger partial charge in [-0.05, 0) is 49.8 Å². The van der Waals surface area contributed by atoms with Crippen molar-refractivity contribution in [2.75, 3.05) is 14.2 Å². The van der Waals surface area contributed by atoms with Crippen LogP contribution in [0.15, 0.2) is 35.9 Å². The van der Waals surface area contributed by atoms with E-state index in [-0.39, 0.29) is 29.8 Å². The maximum Gasteiger partial charge on any atom is 0.145 e. The lowest BCUT2D eigenvalue weighted by atomic mass is 9.73. The summed E-state index contributed by atoms with van der Waals surface area (Å²) >= 11 is 0. The van der Waals surface area contributed by atoms with Crippen LogP contribution in [0.25, 0.3) is 0 Å². The molecular weight excluding hydrogens is 352 g/mol. The minimum absolute atomic E-state index is 0.0225. The Hall–Kier alpha value is -1.65. The highest BCUT2D eigenvalue weighted by atomic mass is 16.5. The fraction of sp³-hybridized carbons (Fsp3) is 0.625. The number of hydrogen-bond donors (Lipinski definition) is 0. The summed E-state index contributed by atoms with van der Waals surface area (Å²) in [6.45, 7) is 9.01. The summed E-state index contributed by atoms with van der Waals surface area (Å²) < 4.78 is 17.3. The number of hydrogen-bond acceptors (Lipinski definition) is 4. The molecule has 4 nitrogen and oxygen atoms in total. The predicted octanol–water partition coefficient (Wildman–Crippen LogP) is 5.20. The van der Waals surface area contributed by atoms with Crippen molar-refractivity contribution in [3.63, 3.8) is 0 Å². The van der Waals surface area contributed by atoms with Crippen LogP contribution in [0, 0.1) is 17.8 Å². The van der Waals surface area contributed by atoms with Crippen LogP contribution < -0.4 is 4.74 Å². The van der Waals surface area contributed by atoms with E-state index < -0.39 is 0 Å². The summed E-state index contributed by atoms with van der Waals surface area (Å²) in [5, 5.41) is 0. The molecule has 2 rings (SSSR count). The van der Waals surface area contributed by atoms with Crippen LogP contribution in [0.3, 0.4) is 0 Å². The Morgan fingerprint density at radius 3 is 2.46 bits per heavy atom. The van der Waals surface area contributed by atoms with E-state index in [1.807, 2.05) is 31.2 Å². The van der Waals surface area contributed by atoms with Gasteiger partial charge in [0.05, 0.1) is 31.8 Å². The van der Waals surface area contributed by atoms with E-state index in [0.717, 1.165) is 29.7 Å². The molecule has 0 N–H and O–H groups in total. The minimum Gasteiger partial charge on any atom is -0.497 e. The smallest absolute Gasteiger partial charge is 0.145 e. The van der Waals surface area contributed by atoms with Gasteiger partial charge in [0, 0.05) is 13.0 Å². The van der Waals surface area contributed by atoms with Crippen molar-refractivity contribution in [1.82, 2.24) is 0 Å². The van der Waals surface area contributed by atoms with Crippen LogP contribution in [0.1, 0.15) is 52.5 Å². The van der Waals surface area contributed by atoms with Gasteiger partial charge in [0.2, 0.25) is 0 Å². The third-order valence-electron chi connectivity index (χ3n) is 5.67. The number of Topliss-reactive ketones (excluding diaryl/α,β-unsaturated/α-hetero) is 1. The molecule has 4 heteroatoms. The average molecular weight is 389 g/mol. The Balaban J connectivity index is 2.09. The van der Waals surface area contributed by atoms with Crippen molar-refractivity contribution >= 4 is 5.78 Å². The van der Waals surface area contributed by atoms with Gasteiger partial charge in [-0.25, -0.2) is 0 Å². The number of allylic oxidation sites excluding steroid dienone is 1. The Morgan fingerprint density at radius 2 is 1.89 bits per heavy atom. The Morgan fingerprint density at radius 1 is 1.21 bits per heavy atom. The molecule has 1 saturated carbocycles. The molecule has 0 amide bonds. The van der Waals surface area contributed by atoms with Crippen LogP contribution in [0.4, 0.5) is 0 Å². The number of rotatable bonds is 9. The van der Waals surface area contributed by atoms with E-state index in [4.69, 9.17) is 14.2 Å². The first kappa shape index (κ1) is 22.6. The first-order valence-electron chi connectivity index (χ1n) is 10.3. The van der Waals surface area contributed by atoms with Crippen LogP contribution in [0.2, 0.25) is 0 Å². The van der Waals surface area contributed by atoms with Gasteiger partial charge in [-0.1, -0.05) is 44.6 Å². The van der Waals surface area contributed by atoms with Crippen LogP contribution in [-0.2, 0) is 20.9 Å². The highest BCUT2D eigenvalue weighted by Gasteiger charge is 2.43. The standard InChI is InChI=1S/C24H36O4/c1-16(2)8-7-9-17(3)22-23(25)18(4)14-21(24(22)27-6)28-15-19-10-12-20(26-5)13-11-19/h9-13,16,18,21-22,24H,7-8,14-15H2,1-6H3/b17-9+/t18-,21-,22-,24-/m1/s1. The largest absolute Gasteiger partial charge is 0.497 e. The van der Waals surface area contributed by atoms with Gasteiger partial charge in [0.15, 0.2) is 0 Å². The van der Waals surface area contributed by atoms with E-state index in [0.29, 0.717) is 18.9 Å². The predicted molar refractivity (Wildman–Crippen MR) is 112 cm³/mol. The fourth-order valence-electron chi connectivity index (χ4n) is 3.91. The first-order chi connectivity index (χ1) is 13.4. The lowest BCUT2D eigenvalue weighted by molar-refractivity contribution is -0.150. The molecule has 1 aromatic rings. The molecule has 1 aromatic carbocycles. The van der Waals surface area contributed by atoms with Crippen LogP contribution >= 0.6 is 0 Å². The van der Waals surface area contributed by atoms with Crippen molar-refractivity contribution in [3.8, 4) is 5.75 Å². The number of carbonyl (C=O) groups excluding carboxylic acids is 1. The highest BCUT2D eigenvalue weighted by Crippen LogP contribution is 2.35. The van der Waals surface area contributed by atoms with E-state index in [1.54, 1.807) is 14.2 Å². The second-order valence-corrected chi connectivity index (χ2v) is 8.33. The lowest BCUT2D eigenvalue weighted by Gasteiger charge is -2.39. The maximum atomic E-state index is 12.9. The summed E-state index contributed by atoms with van der Waals surface area (Å²) in [4.78, 5) is 12.9. The molecule has 0 saturated heterocycles. The quantitative estimate of drug-likeness (QED) is 0.545. The summed E-state index contributed by atoms with van der Waals surface area (Å²) in [6.07, 6.45) is 4.70. The van der Waals surface area contributed by atoms with E-state index >= 15 is 0 Å². The SMILES string of the molecule is COc1ccc(CO[C@@H]2C[C@@H](C)C(=O)[C@@H](/C(C)=C/CCC(C)C)[C@@H]2OC)cc1. The molecule has 0 heterocycles. The molecular formula is C24H36O4. The van der Waals surface area contributed by atoms with Gasteiger partial charge in [-0.2, -0.15) is 0 Å².